The lowest BCUT2D eigenvalue weighted by Crippen LogP contribution is -1.90. The molecule has 0 fully saturated rings. The molecule has 0 atom stereocenters. The van der Waals surface area contributed by atoms with Crippen LogP contribution in [0, 0.1) is 0 Å². The maximum atomic E-state index is 5.50. The van der Waals surface area contributed by atoms with Gasteiger partial charge in [0.05, 0.1) is 16.8 Å². The number of fused-ring (bicyclic) bond motifs is 1. The first kappa shape index (κ1) is 9.76. The third-order valence-electron chi connectivity index (χ3n) is 1.76. The van der Waals surface area contributed by atoms with E-state index in [4.69, 9.17) is 9.88 Å². The summed E-state index contributed by atoms with van der Waals surface area (Å²) < 4.78 is 7.44. The van der Waals surface area contributed by atoms with Gasteiger partial charge in [-0.25, -0.2) is 4.98 Å². The molecule has 0 saturated carbocycles. The van der Waals surface area contributed by atoms with Crippen LogP contribution in [-0.4, -0.2) is 11.6 Å². The van der Waals surface area contributed by atoms with Crippen molar-refractivity contribution in [3.8, 4) is 5.75 Å². The van der Waals surface area contributed by atoms with E-state index in [-0.39, 0.29) is 0 Å². The summed E-state index contributed by atoms with van der Waals surface area (Å²) in [4.78, 5) is 4.35. The largest absolute Gasteiger partial charge is 0.492 e. The van der Waals surface area contributed by atoms with Gasteiger partial charge in [0.15, 0.2) is 4.34 Å². The van der Waals surface area contributed by atoms with Gasteiger partial charge in [-0.05, 0) is 31.0 Å². The number of benzene rings is 1. The smallest absolute Gasteiger partial charge is 0.165 e. The molecule has 0 unspecified atom stereocenters. The second-order valence-electron chi connectivity index (χ2n) is 2.64. The summed E-state index contributed by atoms with van der Waals surface area (Å²) >= 11 is 2.74. The number of thiazole rings is 1. The molecule has 0 aliphatic carbocycles. The first-order chi connectivity index (χ1) is 6.85. The number of nitrogens with zero attached hydrogens (tertiary/aromatic N) is 1. The maximum absolute atomic E-state index is 5.50. The zero-order valence-corrected chi connectivity index (χ0v) is 9.32. The van der Waals surface area contributed by atoms with Gasteiger partial charge in [-0.3, -0.25) is 5.14 Å². The highest BCUT2D eigenvalue weighted by Crippen LogP contribution is 2.33. The fourth-order valence-electron chi connectivity index (χ4n) is 1.22. The maximum Gasteiger partial charge on any atom is 0.165 e. The fraction of sp³-hybridized carbons (Fsp3) is 0.222. The van der Waals surface area contributed by atoms with Crippen molar-refractivity contribution in [2.75, 3.05) is 6.61 Å². The molecule has 2 rings (SSSR count). The van der Waals surface area contributed by atoms with E-state index < -0.39 is 0 Å². The van der Waals surface area contributed by atoms with E-state index in [0.717, 1.165) is 20.3 Å². The van der Waals surface area contributed by atoms with E-state index in [1.54, 1.807) is 11.3 Å². The Labute approximate surface area is 90.4 Å². The van der Waals surface area contributed by atoms with Gasteiger partial charge in [0, 0.05) is 0 Å². The van der Waals surface area contributed by atoms with Crippen molar-refractivity contribution >= 4 is 33.5 Å². The van der Waals surface area contributed by atoms with Gasteiger partial charge < -0.3 is 4.74 Å². The van der Waals surface area contributed by atoms with Crippen LogP contribution in [0.25, 0.3) is 10.2 Å². The van der Waals surface area contributed by atoms with Crippen molar-refractivity contribution in [3.05, 3.63) is 18.2 Å². The van der Waals surface area contributed by atoms with Crippen LogP contribution in [-0.2, 0) is 0 Å². The van der Waals surface area contributed by atoms with E-state index in [9.17, 15) is 0 Å². The summed E-state index contributed by atoms with van der Waals surface area (Å²) in [5, 5.41) is 5.46. The van der Waals surface area contributed by atoms with Gasteiger partial charge in [-0.1, -0.05) is 6.07 Å². The van der Waals surface area contributed by atoms with Crippen molar-refractivity contribution in [1.29, 1.82) is 0 Å². The molecule has 2 N–H and O–H groups in total. The normalized spacial score (nSPS) is 10.7. The zero-order chi connectivity index (χ0) is 9.97. The Morgan fingerprint density at radius 3 is 3.14 bits per heavy atom. The van der Waals surface area contributed by atoms with Crippen LogP contribution >= 0.6 is 23.3 Å². The predicted molar refractivity (Wildman–Crippen MR) is 60.8 cm³/mol. The molecule has 1 heterocycles. The number of hydrogen-bond donors (Lipinski definition) is 1. The Kier molecular flexibility index (Phi) is 2.90. The van der Waals surface area contributed by atoms with Gasteiger partial charge in [0.2, 0.25) is 0 Å². The van der Waals surface area contributed by atoms with Gasteiger partial charge in [-0.2, -0.15) is 0 Å². The van der Waals surface area contributed by atoms with E-state index in [1.165, 1.54) is 11.9 Å². The molecule has 0 bridgehead atoms. The highest BCUT2D eigenvalue weighted by molar-refractivity contribution is 7.99. The second-order valence-corrected chi connectivity index (χ2v) is 4.51. The first-order valence-corrected chi connectivity index (χ1v) is 5.94. The molecule has 1 aromatic heterocycles. The summed E-state index contributed by atoms with van der Waals surface area (Å²) in [7, 11) is 0. The molecule has 14 heavy (non-hydrogen) atoms. The standard InChI is InChI=1S/C9H10N2OS2/c1-2-12-7-5-3-4-6-8(7)13-9(11-6)14-10/h3-5H,2,10H2,1H3. The van der Waals surface area contributed by atoms with Gasteiger partial charge >= 0.3 is 0 Å². The topological polar surface area (TPSA) is 48.1 Å². The number of aromatic nitrogens is 1. The first-order valence-electron chi connectivity index (χ1n) is 4.24. The number of hydrogen-bond acceptors (Lipinski definition) is 5. The Balaban J connectivity index is 2.55. The molecular formula is C9H10N2OS2. The summed E-state index contributed by atoms with van der Waals surface area (Å²) in [6.45, 7) is 2.64. The third kappa shape index (κ3) is 1.70. The number of ether oxygens (including phenoxy) is 1. The average Bonchev–Trinajstić information content (AvgIpc) is 2.62. The Morgan fingerprint density at radius 2 is 2.43 bits per heavy atom. The Hall–Kier alpha value is -0.780. The average molecular weight is 226 g/mol. The molecule has 1 aromatic carbocycles. The third-order valence-corrected chi connectivity index (χ3v) is 3.47. The van der Waals surface area contributed by atoms with Crippen LogP contribution in [0.1, 0.15) is 6.92 Å². The monoisotopic (exact) mass is 226 g/mol. The van der Waals surface area contributed by atoms with Crippen LogP contribution < -0.4 is 9.88 Å². The summed E-state index contributed by atoms with van der Waals surface area (Å²) in [6.07, 6.45) is 0. The summed E-state index contributed by atoms with van der Waals surface area (Å²) in [5.41, 5.74) is 0.953. The molecule has 0 radical (unpaired) electrons. The number of rotatable bonds is 3. The predicted octanol–water partition coefficient (Wildman–Crippen LogP) is 2.66. The molecule has 0 amide bonds. The molecule has 0 aliphatic rings. The van der Waals surface area contributed by atoms with Gasteiger partial charge in [0.1, 0.15) is 5.75 Å². The molecular weight excluding hydrogens is 216 g/mol. The van der Waals surface area contributed by atoms with Gasteiger partial charge in [-0.15, -0.1) is 11.3 Å². The van der Waals surface area contributed by atoms with E-state index in [1.807, 2.05) is 25.1 Å². The highest BCUT2D eigenvalue weighted by atomic mass is 32.2. The van der Waals surface area contributed by atoms with Crippen molar-refractivity contribution in [1.82, 2.24) is 4.98 Å². The Morgan fingerprint density at radius 1 is 1.57 bits per heavy atom. The fourth-order valence-corrected chi connectivity index (χ4v) is 2.58. The number of nitrogens with two attached hydrogens (primary N) is 1. The van der Waals surface area contributed by atoms with Crippen molar-refractivity contribution in [2.24, 2.45) is 5.14 Å². The lowest BCUT2D eigenvalue weighted by atomic mass is 10.3. The molecule has 2 aromatic rings. The van der Waals surface area contributed by atoms with E-state index in [0.29, 0.717) is 6.61 Å². The van der Waals surface area contributed by atoms with Crippen LogP contribution in [0.2, 0.25) is 0 Å². The van der Waals surface area contributed by atoms with Crippen molar-refractivity contribution in [3.63, 3.8) is 0 Å². The van der Waals surface area contributed by atoms with E-state index >= 15 is 0 Å². The highest BCUT2D eigenvalue weighted by Gasteiger charge is 2.07. The molecule has 0 aliphatic heterocycles. The molecule has 0 spiro atoms. The molecule has 3 nitrogen and oxygen atoms in total. The Bertz CT molecular complexity index is 441. The van der Waals surface area contributed by atoms with Crippen molar-refractivity contribution in [2.45, 2.75) is 11.3 Å². The molecule has 74 valence electrons. The lowest BCUT2D eigenvalue weighted by Gasteiger charge is -2.01. The SMILES string of the molecule is CCOc1cccc2nc(SN)sc12. The quantitative estimate of drug-likeness (QED) is 0.817. The second kappa shape index (κ2) is 4.16. The molecule has 0 saturated heterocycles. The van der Waals surface area contributed by atoms with Crippen LogP contribution in [0.3, 0.4) is 0 Å². The summed E-state index contributed by atoms with van der Waals surface area (Å²) in [6, 6.07) is 5.86. The minimum absolute atomic E-state index is 0.669. The minimum Gasteiger partial charge on any atom is -0.492 e. The molecule has 5 heteroatoms. The van der Waals surface area contributed by atoms with Gasteiger partial charge in [0.25, 0.3) is 0 Å². The minimum atomic E-state index is 0.669. The summed E-state index contributed by atoms with van der Waals surface area (Å²) in [5.74, 6) is 0.891. The lowest BCUT2D eigenvalue weighted by molar-refractivity contribution is 0.345. The van der Waals surface area contributed by atoms with Crippen molar-refractivity contribution < 1.29 is 4.74 Å². The van der Waals surface area contributed by atoms with Crippen LogP contribution in [0.15, 0.2) is 22.5 Å². The van der Waals surface area contributed by atoms with E-state index in [2.05, 4.69) is 4.98 Å². The van der Waals surface area contributed by atoms with Crippen LogP contribution in [0.5, 0.6) is 5.75 Å². The zero-order valence-electron chi connectivity index (χ0n) is 7.69. The van der Waals surface area contributed by atoms with Crippen LogP contribution in [0.4, 0.5) is 0 Å².